The number of benzene rings is 1. The molecule has 2 N–H and O–H groups in total. The minimum Gasteiger partial charge on any atom is -0.478 e. The molecule has 1 aromatic rings. The number of hydrogen-bond donors (Lipinski definition) is 2. The molecule has 1 aliphatic heterocycles. The average Bonchev–Trinajstić information content (AvgIpc) is 2.40. The molecule has 0 aliphatic carbocycles. The van der Waals surface area contributed by atoms with Gasteiger partial charge in [-0.3, -0.25) is 0 Å². The standard InChI is InChI=1S/C12H13BrN2O5S/c13-10-2-1-8(7-9(10)11(16)17)14-12(18)15-3-5-21(19,20)6-4-15/h1-2,7H,3-6H2,(H,14,18)(H,16,17). The van der Waals surface area contributed by atoms with Crippen LogP contribution in [0.5, 0.6) is 0 Å². The number of carboxylic acids is 1. The summed E-state index contributed by atoms with van der Waals surface area (Å²) in [5.41, 5.74) is 0.378. The van der Waals surface area contributed by atoms with Gasteiger partial charge in [0.05, 0.1) is 17.1 Å². The molecule has 0 atom stereocenters. The van der Waals surface area contributed by atoms with E-state index in [0.717, 1.165) is 0 Å². The molecule has 1 fully saturated rings. The fraction of sp³-hybridized carbons (Fsp3) is 0.333. The molecule has 0 radical (unpaired) electrons. The first-order valence-electron chi connectivity index (χ1n) is 6.08. The number of sulfone groups is 1. The van der Waals surface area contributed by atoms with Crippen molar-refractivity contribution in [2.24, 2.45) is 0 Å². The smallest absolute Gasteiger partial charge is 0.336 e. The molecule has 1 aliphatic rings. The molecule has 2 amide bonds. The Labute approximate surface area is 130 Å². The van der Waals surface area contributed by atoms with E-state index < -0.39 is 21.8 Å². The van der Waals surface area contributed by atoms with Gasteiger partial charge < -0.3 is 15.3 Å². The first-order chi connectivity index (χ1) is 9.78. The summed E-state index contributed by atoms with van der Waals surface area (Å²) < 4.78 is 23.0. The minimum atomic E-state index is -3.05. The molecule has 1 saturated heterocycles. The molecule has 114 valence electrons. The molecule has 0 spiro atoms. The summed E-state index contributed by atoms with van der Waals surface area (Å²) in [6, 6.07) is 3.99. The van der Waals surface area contributed by atoms with Gasteiger partial charge in [0.1, 0.15) is 0 Å². The van der Waals surface area contributed by atoms with Crippen LogP contribution in [-0.2, 0) is 9.84 Å². The minimum absolute atomic E-state index is 0.0361. The number of nitrogens with one attached hydrogen (secondary N) is 1. The van der Waals surface area contributed by atoms with Gasteiger partial charge in [0.2, 0.25) is 0 Å². The predicted molar refractivity (Wildman–Crippen MR) is 80.3 cm³/mol. The van der Waals surface area contributed by atoms with E-state index in [0.29, 0.717) is 10.2 Å². The fourth-order valence-electron chi connectivity index (χ4n) is 1.88. The number of carboxylic acid groups (broad SMARTS) is 1. The van der Waals surface area contributed by atoms with Gasteiger partial charge in [-0.05, 0) is 34.1 Å². The summed E-state index contributed by atoms with van der Waals surface area (Å²) in [5.74, 6) is -1.22. The van der Waals surface area contributed by atoms with E-state index in [-0.39, 0.29) is 30.2 Å². The summed E-state index contributed by atoms with van der Waals surface area (Å²) in [4.78, 5) is 24.4. The lowest BCUT2D eigenvalue weighted by atomic mass is 10.2. The Kier molecular flexibility index (Phi) is 4.52. The number of nitrogens with zero attached hydrogens (tertiary/aromatic N) is 1. The number of urea groups is 1. The highest BCUT2D eigenvalue weighted by atomic mass is 79.9. The highest BCUT2D eigenvalue weighted by Crippen LogP contribution is 2.21. The molecule has 0 bridgehead atoms. The lowest BCUT2D eigenvalue weighted by molar-refractivity contribution is 0.0696. The van der Waals surface area contributed by atoms with Crippen LogP contribution >= 0.6 is 15.9 Å². The number of hydrogen-bond acceptors (Lipinski definition) is 4. The maximum Gasteiger partial charge on any atom is 0.336 e. The van der Waals surface area contributed by atoms with E-state index in [4.69, 9.17) is 5.11 Å². The zero-order valence-electron chi connectivity index (χ0n) is 10.9. The molecular formula is C12H13BrN2O5S. The van der Waals surface area contributed by atoms with Crippen molar-refractivity contribution in [1.82, 2.24) is 4.90 Å². The van der Waals surface area contributed by atoms with Crippen LogP contribution < -0.4 is 5.32 Å². The van der Waals surface area contributed by atoms with Crippen LogP contribution in [-0.4, -0.2) is 55.0 Å². The molecule has 1 aromatic carbocycles. The second-order valence-corrected chi connectivity index (χ2v) is 7.73. The van der Waals surface area contributed by atoms with Crippen LogP contribution in [0, 0.1) is 0 Å². The van der Waals surface area contributed by atoms with Crippen LogP contribution in [0.1, 0.15) is 10.4 Å². The van der Waals surface area contributed by atoms with E-state index in [9.17, 15) is 18.0 Å². The number of aromatic carboxylic acids is 1. The van der Waals surface area contributed by atoms with Gasteiger partial charge >= 0.3 is 12.0 Å². The molecule has 9 heteroatoms. The Balaban J connectivity index is 2.07. The topological polar surface area (TPSA) is 104 Å². The second kappa shape index (κ2) is 6.02. The number of carbonyl (C=O) groups is 2. The van der Waals surface area contributed by atoms with Crippen molar-refractivity contribution < 1.29 is 23.1 Å². The van der Waals surface area contributed by atoms with Crippen LogP contribution in [0.3, 0.4) is 0 Å². The van der Waals surface area contributed by atoms with Crippen molar-refractivity contribution >= 4 is 43.5 Å². The molecule has 0 unspecified atom stereocenters. The average molecular weight is 377 g/mol. The van der Waals surface area contributed by atoms with Crippen molar-refractivity contribution in [3.8, 4) is 0 Å². The van der Waals surface area contributed by atoms with E-state index >= 15 is 0 Å². The third-order valence-electron chi connectivity index (χ3n) is 3.08. The molecule has 0 aromatic heterocycles. The zero-order chi connectivity index (χ0) is 15.6. The quantitative estimate of drug-likeness (QED) is 0.811. The van der Waals surface area contributed by atoms with Gasteiger partial charge in [-0.2, -0.15) is 0 Å². The van der Waals surface area contributed by atoms with Gasteiger partial charge in [0, 0.05) is 23.2 Å². The van der Waals surface area contributed by atoms with Gasteiger partial charge in [-0.25, -0.2) is 18.0 Å². The lowest BCUT2D eigenvalue weighted by Gasteiger charge is -2.26. The number of halogens is 1. The summed E-state index contributed by atoms with van der Waals surface area (Å²) in [5, 5.41) is 11.6. The zero-order valence-corrected chi connectivity index (χ0v) is 13.3. The van der Waals surface area contributed by atoms with Crippen molar-refractivity contribution in [2.75, 3.05) is 29.9 Å². The normalized spacial score (nSPS) is 17.3. The highest BCUT2D eigenvalue weighted by Gasteiger charge is 2.25. The van der Waals surface area contributed by atoms with Crippen LogP contribution in [0.15, 0.2) is 22.7 Å². The Morgan fingerprint density at radius 2 is 1.86 bits per heavy atom. The van der Waals surface area contributed by atoms with Gasteiger partial charge in [0.15, 0.2) is 9.84 Å². The largest absolute Gasteiger partial charge is 0.478 e. The third-order valence-corrected chi connectivity index (χ3v) is 5.38. The van der Waals surface area contributed by atoms with E-state index in [2.05, 4.69) is 21.2 Å². The predicted octanol–water partition coefficient (Wildman–Crippen LogP) is 1.41. The van der Waals surface area contributed by atoms with Crippen molar-refractivity contribution in [2.45, 2.75) is 0 Å². The Morgan fingerprint density at radius 3 is 2.43 bits per heavy atom. The lowest BCUT2D eigenvalue weighted by Crippen LogP contribution is -2.45. The Bertz CT molecular complexity index is 675. The monoisotopic (exact) mass is 376 g/mol. The van der Waals surface area contributed by atoms with Gasteiger partial charge in [0.25, 0.3) is 0 Å². The highest BCUT2D eigenvalue weighted by molar-refractivity contribution is 9.10. The maximum atomic E-state index is 12.0. The summed E-state index contributed by atoms with van der Waals surface area (Å²) in [6.45, 7) is 0.271. The van der Waals surface area contributed by atoms with Crippen LogP contribution in [0.2, 0.25) is 0 Å². The van der Waals surface area contributed by atoms with E-state index in [1.807, 2.05) is 0 Å². The van der Waals surface area contributed by atoms with E-state index in [1.165, 1.54) is 17.0 Å². The van der Waals surface area contributed by atoms with Gasteiger partial charge in [-0.15, -0.1) is 0 Å². The first-order valence-corrected chi connectivity index (χ1v) is 8.69. The van der Waals surface area contributed by atoms with Crippen LogP contribution in [0.25, 0.3) is 0 Å². The van der Waals surface area contributed by atoms with Crippen LogP contribution in [0.4, 0.5) is 10.5 Å². The molecule has 1 heterocycles. The Morgan fingerprint density at radius 1 is 1.24 bits per heavy atom. The molecular weight excluding hydrogens is 364 g/mol. The maximum absolute atomic E-state index is 12.0. The summed E-state index contributed by atoms with van der Waals surface area (Å²) >= 11 is 3.12. The molecule has 7 nitrogen and oxygen atoms in total. The summed E-state index contributed by atoms with van der Waals surface area (Å²) in [6.07, 6.45) is 0. The van der Waals surface area contributed by atoms with E-state index in [1.54, 1.807) is 6.07 Å². The second-order valence-electron chi connectivity index (χ2n) is 4.57. The number of amides is 2. The van der Waals surface area contributed by atoms with Gasteiger partial charge in [-0.1, -0.05) is 0 Å². The van der Waals surface area contributed by atoms with Crippen molar-refractivity contribution in [3.63, 3.8) is 0 Å². The molecule has 2 rings (SSSR count). The SMILES string of the molecule is O=C(O)c1cc(NC(=O)N2CCS(=O)(=O)CC2)ccc1Br. The summed E-state index contributed by atoms with van der Waals surface area (Å²) in [7, 11) is -3.05. The molecule has 21 heavy (non-hydrogen) atoms. The first kappa shape index (κ1) is 15.8. The fourth-order valence-corrected chi connectivity index (χ4v) is 3.50. The van der Waals surface area contributed by atoms with Crippen molar-refractivity contribution in [3.05, 3.63) is 28.2 Å². The number of anilines is 1. The number of rotatable bonds is 2. The number of carbonyl (C=O) groups excluding carboxylic acids is 1. The van der Waals surface area contributed by atoms with Crippen molar-refractivity contribution in [1.29, 1.82) is 0 Å². The molecule has 0 saturated carbocycles. The third kappa shape index (κ3) is 3.94. The Hall–Kier alpha value is -1.61.